The molecule has 0 unspecified atom stereocenters. The maximum atomic E-state index is 12.2. The summed E-state index contributed by atoms with van der Waals surface area (Å²) in [5.41, 5.74) is 6.51. The van der Waals surface area contributed by atoms with Crippen LogP contribution in [0.15, 0.2) is 42.5 Å². The minimum absolute atomic E-state index is 0. The quantitative estimate of drug-likeness (QED) is 0.748. The van der Waals surface area contributed by atoms with Crippen molar-refractivity contribution in [2.24, 2.45) is 5.92 Å². The number of hydrogen-bond donors (Lipinski definition) is 0. The summed E-state index contributed by atoms with van der Waals surface area (Å²) in [6.45, 7) is 7.96. The largest absolute Gasteiger partial charge is 0.345 e. The Labute approximate surface area is 175 Å². The van der Waals surface area contributed by atoms with Gasteiger partial charge in [0.25, 0.3) is 5.91 Å². The maximum Gasteiger partial charge on any atom is 0.253 e. The number of benzene rings is 2. The summed E-state index contributed by atoms with van der Waals surface area (Å²) in [5, 5.41) is 0. The van der Waals surface area contributed by atoms with Gasteiger partial charge in [0.15, 0.2) is 0 Å². The minimum atomic E-state index is 0. The van der Waals surface area contributed by atoms with Gasteiger partial charge in [-0.1, -0.05) is 42.8 Å². The fourth-order valence-corrected chi connectivity index (χ4v) is 5.10. The van der Waals surface area contributed by atoms with Crippen molar-refractivity contribution in [1.82, 2.24) is 9.80 Å². The van der Waals surface area contributed by atoms with E-state index in [9.17, 15) is 4.79 Å². The Bertz CT molecular complexity index is 846. The van der Waals surface area contributed by atoms with E-state index in [0.717, 1.165) is 12.1 Å². The van der Waals surface area contributed by atoms with E-state index < -0.39 is 0 Å². The summed E-state index contributed by atoms with van der Waals surface area (Å²) in [4.78, 5) is 16.5. The summed E-state index contributed by atoms with van der Waals surface area (Å²) in [5.74, 6) is 1.81. The molecule has 150 valence electrons. The van der Waals surface area contributed by atoms with Crippen molar-refractivity contribution in [2.45, 2.75) is 32.1 Å². The second-order valence-corrected chi connectivity index (χ2v) is 8.38. The second-order valence-electron chi connectivity index (χ2n) is 8.38. The first-order valence-corrected chi connectivity index (χ1v) is 10.1. The number of nitrogens with zero attached hydrogens (tertiary/aromatic N) is 2. The average Bonchev–Trinajstić information content (AvgIpc) is 2.99. The molecule has 4 rings (SSSR count). The Balaban J connectivity index is 0.00000225. The van der Waals surface area contributed by atoms with Gasteiger partial charge in [-0.15, -0.1) is 12.4 Å². The van der Waals surface area contributed by atoms with Crippen LogP contribution in [0.3, 0.4) is 0 Å². The Hall–Kier alpha value is -1.84. The van der Waals surface area contributed by atoms with Crippen molar-refractivity contribution in [3.63, 3.8) is 0 Å². The molecule has 28 heavy (non-hydrogen) atoms. The smallest absolute Gasteiger partial charge is 0.253 e. The molecule has 2 aromatic rings. The van der Waals surface area contributed by atoms with Crippen LogP contribution in [0.4, 0.5) is 0 Å². The van der Waals surface area contributed by atoms with Crippen LogP contribution < -0.4 is 0 Å². The van der Waals surface area contributed by atoms with Gasteiger partial charge in [0, 0.05) is 38.0 Å². The number of carbonyl (C=O) groups excluding carboxylic acids is 1. The fourth-order valence-electron chi connectivity index (χ4n) is 5.10. The number of halogens is 1. The number of carbonyl (C=O) groups is 1. The summed E-state index contributed by atoms with van der Waals surface area (Å²) < 4.78 is 0. The first-order valence-electron chi connectivity index (χ1n) is 10.1. The van der Waals surface area contributed by atoms with Gasteiger partial charge in [-0.2, -0.15) is 0 Å². The SMILES string of the molecule is CCN1CC[C@H]2[C@H](c3ccc(C(=O)N(C)C)cc3)c3cc(C)ccc3[C@H]2C1.Cl. The van der Waals surface area contributed by atoms with Crippen LogP contribution in [0.25, 0.3) is 0 Å². The zero-order valence-corrected chi connectivity index (χ0v) is 18.1. The van der Waals surface area contributed by atoms with E-state index in [1.54, 1.807) is 24.6 Å². The number of likely N-dealkylation sites (tertiary alicyclic amines) is 1. The lowest BCUT2D eigenvalue weighted by Gasteiger charge is -2.37. The highest BCUT2D eigenvalue weighted by atomic mass is 35.5. The third-order valence-electron chi connectivity index (χ3n) is 6.53. The van der Waals surface area contributed by atoms with Crippen LogP contribution in [0.2, 0.25) is 0 Å². The van der Waals surface area contributed by atoms with Crippen LogP contribution in [0, 0.1) is 12.8 Å². The zero-order valence-electron chi connectivity index (χ0n) is 17.3. The van der Waals surface area contributed by atoms with E-state index >= 15 is 0 Å². The Morgan fingerprint density at radius 2 is 1.82 bits per heavy atom. The summed E-state index contributed by atoms with van der Waals surface area (Å²) in [6, 6.07) is 15.4. The molecule has 2 aliphatic rings. The highest BCUT2D eigenvalue weighted by Crippen LogP contribution is 2.53. The predicted octanol–water partition coefficient (Wildman–Crippen LogP) is 4.69. The van der Waals surface area contributed by atoms with Crippen molar-refractivity contribution in [2.75, 3.05) is 33.7 Å². The third-order valence-corrected chi connectivity index (χ3v) is 6.53. The fraction of sp³-hybridized carbons (Fsp3) is 0.458. The number of rotatable bonds is 3. The molecule has 2 aromatic carbocycles. The molecule has 1 aliphatic carbocycles. The molecule has 0 bridgehead atoms. The van der Waals surface area contributed by atoms with E-state index in [2.05, 4.69) is 49.1 Å². The van der Waals surface area contributed by atoms with Gasteiger partial charge in [-0.3, -0.25) is 4.79 Å². The van der Waals surface area contributed by atoms with Crippen LogP contribution >= 0.6 is 12.4 Å². The molecular weight excluding hydrogens is 368 g/mol. The number of fused-ring (bicyclic) bond motifs is 3. The molecule has 0 N–H and O–H groups in total. The van der Waals surface area contributed by atoms with Crippen molar-refractivity contribution < 1.29 is 4.79 Å². The van der Waals surface area contributed by atoms with Gasteiger partial charge in [0.2, 0.25) is 0 Å². The minimum Gasteiger partial charge on any atom is -0.345 e. The van der Waals surface area contributed by atoms with Gasteiger partial charge >= 0.3 is 0 Å². The lowest BCUT2D eigenvalue weighted by atomic mass is 9.78. The lowest BCUT2D eigenvalue weighted by Crippen LogP contribution is -2.38. The van der Waals surface area contributed by atoms with Crippen molar-refractivity contribution >= 4 is 18.3 Å². The van der Waals surface area contributed by atoms with E-state index in [4.69, 9.17) is 0 Å². The molecule has 1 fully saturated rings. The molecule has 0 saturated carbocycles. The molecule has 3 nitrogen and oxygen atoms in total. The summed E-state index contributed by atoms with van der Waals surface area (Å²) >= 11 is 0. The molecule has 1 aliphatic heterocycles. The van der Waals surface area contributed by atoms with Gasteiger partial charge in [-0.05, 0) is 61.2 Å². The molecule has 1 saturated heterocycles. The Morgan fingerprint density at radius 3 is 2.46 bits per heavy atom. The van der Waals surface area contributed by atoms with Gasteiger partial charge < -0.3 is 9.80 Å². The molecule has 1 heterocycles. The van der Waals surface area contributed by atoms with E-state index in [1.165, 1.54) is 36.2 Å². The summed E-state index contributed by atoms with van der Waals surface area (Å²) in [7, 11) is 3.61. The third kappa shape index (κ3) is 3.58. The lowest BCUT2D eigenvalue weighted by molar-refractivity contribution is 0.0827. The molecule has 3 atom stereocenters. The normalized spacial score (nSPS) is 23.5. The van der Waals surface area contributed by atoms with Crippen molar-refractivity contribution in [3.05, 3.63) is 70.3 Å². The Kier molecular flexibility index (Phi) is 6.16. The van der Waals surface area contributed by atoms with Crippen molar-refractivity contribution in [3.8, 4) is 0 Å². The first-order chi connectivity index (χ1) is 13.0. The monoisotopic (exact) mass is 398 g/mol. The highest BCUT2D eigenvalue weighted by molar-refractivity contribution is 5.93. The number of amides is 1. The molecule has 4 heteroatoms. The van der Waals surface area contributed by atoms with E-state index in [1.807, 2.05) is 12.1 Å². The van der Waals surface area contributed by atoms with Gasteiger partial charge in [-0.25, -0.2) is 0 Å². The van der Waals surface area contributed by atoms with Crippen LogP contribution in [-0.2, 0) is 0 Å². The maximum absolute atomic E-state index is 12.2. The first kappa shape index (κ1) is 20.9. The van der Waals surface area contributed by atoms with E-state index in [-0.39, 0.29) is 18.3 Å². The summed E-state index contributed by atoms with van der Waals surface area (Å²) in [6.07, 6.45) is 1.25. The number of aryl methyl sites for hydroxylation is 1. The average molecular weight is 399 g/mol. The number of hydrogen-bond acceptors (Lipinski definition) is 2. The number of likely N-dealkylation sites (N-methyl/N-ethyl adjacent to an activating group) is 1. The molecule has 0 radical (unpaired) electrons. The second kappa shape index (κ2) is 8.26. The van der Waals surface area contributed by atoms with E-state index in [0.29, 0.717) is 17.8 Å². The van der Waals surface area contributed by atoms with Gasteiger partial charge in [0.1, 0.15) is 0 Å². The molecule has 0 spiro atoms. The highest BCUT2D eigenvalue weighted by Gasteiger charge is 2.43. The number of piperidine rings is 1. The Morgan fingerprint density at radius 1 is 1.11 bits per heavy atom. The zero-order chi connectivity index (χ0) is 19.1. The van der Waals surface area contributed by atoms with Crippen LogP contribution in [0.5, 0.6) is 0 Å². The van der Waals surface area contributed by atoms with Crippen LogP contribution in [-0.4, -0.2) is 49.4 Å². The van der Waals surface area contributed by atoms with Gasteiger partial charge in [0.05, 0.1) is 0 Å². The van der Waals surface area contributed by atoms with Crippen molar-refractivity contribution in [1.29, 1.82) is 0 Å². The predicted molar refractivity (Wildman–Crippen MR) is 118 cm³/mol. The van der Waals surface area contributed by atoms with Crippen LogP contribution in [0.1, 0.15) is 57.8 Å². The standard InChI is InChI=1S/C24H30N2O.ClH/c1-5-26-13-12-20-22(15-26)19-11-6-16(2)14-21(19)23(20)17-7-9-18(10-8-17)24(27)25(3)4;/h6-11,14,20,22-23H,5,12-13,15H2,1-4H3;1H/t20-,22-,23+;/m1./s1. The molecular formula is C24H31ClN2O. The molecule has 1 amide bonds. The topological polar surface area (TPSA) is 23.6 Å². The molecule has 0 aromatic heterocycles.